The zero-order chi connectivity index (χ0) is 21.9. The average molecular weight is 433 g/mol. The van der Waals surface area contributed by atoms with E-state index in [1.165, 1.54) is 38.5 Å². The third-order valence-corrected chi connectivity index (χ3v) is 5.47. The summed E-state index contributed by atoms with van der Waals surface area (Å²) in [5, 5.41) is 17.5. The minimum Gasteiger partial charge on any atom is -0.505 e. The molecule has 3 aromatic rings. The molecule has 3 rings (SSSR count). The number of aromatic nitrogens is 2. The summed E-state index contributed by atoms with van der Waals surface area (Å²) in [4.78, 5) is 0. The molecule has 0 aliphatic carbocycles. The van der Waals surface area contributed by atoms with Crippen LogP contribution in [0.15, 0.2) is 48.5 Å². The summed E-state index contributed by atoms with van der Waals surface area (Å²) in [5.41, 5.74) is 0.792. The topological polar surface area (TPSA) is 102 Å². The molecule has 0 radical (unpaired) electrons. The van der Waals surface area contributed by atoms with E-state index in [0.717, 1.165) is 10.6 Å². The highest BCUT2D eigenvalue weighted by Crippen LogP contribution is 2.34. The fourth-order valence-electron chi connectivity index (χ4n) is 2.82. The van der Waals surface area contributed by atoms with Gasteiger partial charge in [-0.25, -0.2) is 12.8 Å². The Morgan fingerprint density at radius 3 is 2.37 bits per heavy atom. The highest BCUT2D eigenvalue weighted by Gasteiger charge is 2.25. The summed E-state index contributed by atoms with van der Waals surface area (Å²) in [5.74, 6) is -0.846. The van der Waals surface area contributed by atoms with Crippen molar-refractivity contribution in [2.75, 3.05) is 24.8 Å². The number of methoxy groups -OCH3 is 2. The van der Waals surface area contributed by atoms with Gasteiger partial charge < -0.3 is 14.6 Å². The predicted molar refractivity (Wildman–Crippen MR) is 110 cm³/mol. The number of hydrogen-bond acceptors (Lipinski definition) is 7. The first-order chi connectivity index (χ1) is 14.2. The van der Waals surface area contributed by atoms with Crippen molar-refractivity contribution in [1.29, 1.82) is 0 Å². The predicted octanol–water partition coefficient (Wildman–Crippen LogP) is 2.97. The largest absolute Gasteiger partial charge is 0.505 e. The fraction of sp³-hybridized carbons (Fsp3) is 0.200. The Labute approximate surface area is 173 Å². The van der Waals surface area contributed by atoms with E-state index < -0.39 is 21.6 Å². The summed E-state index contributed by atoms with van der Waals surface area (Å²) < 4.78 is 50.9. The molecule has 0 spiro atoms. The summed E-state index contributed by atoms with van der Waals surface area (Å²) in [6.45, 7) is -0.0210. The van der Waals surface area contributed by atoms with Gasteiger partial charge in [0.25, 0.3) is 5.88 Å². The number of anilines is 1. The molecule has 0 saturated carbocycles. The number of aromatic hydroxyl groups is 1. The summed E-state index contributed by atoms with van der Waals surface area (Å²) in [7, 11) is -0.906. The summed E-state index contributed by atoms with van der Waals surface area (Å²) in [6, 6.07) is 12.3. The normalized spacial score (nSPS) is 11.2. The molecule has 1 aromatic heterocycles. The molecule has 0 bridgehead atoms. The van der Waals surface area contributed by atoms with Crippen molar-refractivity contribution in [2.24, 2.45) is 0 Å². The molecule has 0 saturated heterocycles. The molecule has 0 unspecified atom stereocenters. The third-order valence-electron chi connectivity index (χ3n) is 4.34. The van der Waals surface area contributed by atoms with Gasteiger partial charge in [-0.1, -0.05) is 18.2 Å². The van der Waals surface area contributed by atoms with Gasteiger partial charge in [-0.15, -0.1) is 10.2 Å². The minimum absolute atomic E-state index is 0.0210. The van der Waals surface area contributed by atoms with E-state index in [1.54, 1.807) is 24.3 Å². The monoisotopic (exact) mass is 433 g/mol. The number of benzene rings is 2. The van der Waals surface area contributed by atoms with Crippen LogP contribution in [0.5, 0.6) is 17.4 Å². The van der Waals surface area contributed by atoms with E-state index in [1.807, 2.05) is 0 Å². The first kappa shape index (κ1) is 21.3. The summed E-state index contributed by atoms with van der Waals surface area (Å²) in [6.07, 6.45) is 1.05. The number of rotatable bonds is 7. The van der Waals surface area contributed by atoms with Gasteiger partial charge in [0.2, 0.25) is 10.0 Å². The number of sulfonamides is 1. The van der Waals surface area contributed by atoms with Crippen molar-refractivity contribution < 1.29 is 27.4 Å². The molecule has 0 fully saturated rings. The van der Waals surface area contributed by atoms with Crippen LogP contribution in [0.4, 0.5) is 10.1 Å². The standard InChI is InChI=1S/C20H20FN3O5S/c1-28-14-9-7-13(8-10-14)12-24(30(3,26)27)17-11-16(22-23-20(17)29-2)15-5-4-6-18(25)19(15)21/h4-11,25H,12H2,1-3H3. The zero-order valence-electron chi connectivity index (χ0n) is 16.5. The number of nitrogens with zero attached hydrogens (tertiary/aromatic N) is 3. The number of phenols is 1. The van der Waals surface area contributed by atoms with Crippen LogP contribution in [0.3, 0.4) is 0 Å². The van der Waals surface area contributed by atoms with Crippen molar-refractivity contribution in [3.05, 3.63) is 59.9 Å². The number of halogens is 1. The molecule has 158 valence electrons. The quantitative estimate of drug-likeness (QED) is 0.611. The lowest BCUT2D eigenvalue weighted by atomic mass is 10.1. The molecule has 0 aliphatic heterocycles. The molecule has 0 amide bonds. The Balaban J connectivity index is 2.11. The molecule has 30 heavy (non-hydrogen) atoms. The van der Waals surface area contributed by atoms with E-state index in [-0.39, 0.29) is 29.4 Å². The molecule has 2 aromatic carbocycles. The maximum Gasteiger partial charge on any atom is 0.258 e. The molecule has 1 heterocycles. The molecular weight excluding hydrogens is 413 g/mol. The lowest BCUT2D eigenvalue weighted by molar-refractivity contribution is 0.393. The molecule has 0 atom stereocenters. The van der Waals surface area contributed by atoms with E-state index in [4.69, 9.17) is 9.47 Å². The van der Waals surface area contributed by atoms with Crippen LogP contribution in [0.1, 0.15) is 5.56 Å². The minimum atomic E-state index is -3.77. The maximum absolute atomic E-state index is 14.4. The molecule has 0 aliphatic rings. The second-order valence-corrected chi connectivity index (χ2v) is 8.29. The molecule has 8 nitrogen and oxygen atoms in total. The van der Waals surface area contributed by atoms with Gasteiger partial charge in [-0.3, -0.25) is 4.31 Å². The van der Waals surface area contributed by atoms with Gasteiger partial charge in [0.05, 0.1) is 32.7 Å². The van der Waals surface area contributed by atoms with Gasteiger partial charge in [-0.2, -0.15) is 0 Å². The molecule has 10 heteroatoms. The van der Waals surface area contributed by atoms with Crippen molar-refractivity contribution in [3.8, 4) is 28.6 Å². The molecular formula is C20H20FN3O5S. The van der Waals surface area contributed by atoms with Crippen LogP contribution in [0.2, 0.25) is 0 Å². The van der Waals surface area contributed by atoms with E-state index in [9.17, 15) is 17.9 Å². The highest BCUT2D eigenvalue weighted by atomic mass is 32.2. The lowest BCUT2D eigenvalue weighted by Gasteiger charge is -2.24. The van der Waals surface area contributed by atoms with Gasteiger partial charge in [0, 0.05) is 5.56 Å². The zero-order valence-corrected chi connectivity index (χ0v) is 17.4. The van der Waals surface area contributed by atoms with Crippen molar-refractivity contribution in [2.45, 2.75) is 6.54 Å². The second-order valence-electron chi connectivity index (χ2n) is 6.38. The van der Waals surface area contributed by atoms with Crippen molar-refractivity contribution in [1.82, 2.24) is 10.2 Å². The number of ether oxygens (including phenoxy) is 2. The average Bonchev–Trinajstić information content (AvgIpc) is 2.73. The van der Waals surface area contributed by atoms with E-state index in [0.29, 0.717) is 11.3 Å². The Hall–Kier alpha value is -3.40. The molecule has 1 N–H and O–H groups in total. The van der Waals surface area contributed by atoms with Crippen LogP contribution >= 0.6 is 0 Å². The third kappa shape index (κ3) is 4.43. The Morgan fingerprint density at radius 1 is 1.07 bits per heavy atom. The van der Waals surface area contributed by atoms with Crippen LogP contribution in [0, 0.1) is 5.82 Å². The first-order valence-electron chi connectivity index (χ1n) is 8.74. The van der Waals surface area contributed by atoms with Crippen LogP contribution < -0.4 is 13.8 Å². The van der Waals surface area contributed by atoms with Gasteiger partial charge in [0.1, 0.15) is 11.4 Å². The van der Waals surface area contributed by atoms with E-state index in [2.05, 4.69) is 10.2 Å². The Morgan fingerprint density at radius 2 is 1.77 bits per heavy atom. The summed E-state index contributed by atoms with van der Waals surface area (Å²) >= 11 is 0. The fourth-order valence-corrected chi connectivity index (χ4v) is 3.69. The van der Waals surface area contributed by atoms with Crippen LogP contribution in [-0.4, -0.2) is 44.2 Å². The SMILES string of the molecule is COc1ccc(CN(c2cc(-c3cccc(O)c3F)nnc2OC)S(C)(=O)=O)cc1. The first-order valence-corrected chi connectivity index (χ1v) is 10.6. The van der Waals surface area contributed by atoms with Crippen molar-refractivity contribution >= 4 is 15.7 Å². The second kappa shape index (κ2) is 8.54. The number of hydrogen-bond donors (Lipinski definition) is 1. The van der Waals surface area contributed by atoms with Crippen LogP contribution in [-0.2, 0) is 16.6 Å². The Bertz CT molecular complexity index is 1150. The lowest BCUT2D eigenvalue weighted by Crippen LogP contribution is -2.30. The maximum atomic E-state index is 14.4. The smallest absolute Gasteiger partial charge is 0.258 e. The number of phenolic OH excluding ortho intramolecular Hbond substituents is 1. The van der Waals surface area contributed by atoms with Crippen molar-refractivity contribution in [3.63, 3.8) is 0 Å². The van der Waals surface area contributed by atoms with Gasteiger partial charge >= 0.3 is 0 Å². The van der Waals surface area contributed by atoms with Gasteiger partial charge in [0.15, 0.2) is 11.6 Å². The highest BCUT2D eigenvalue weighted by molar-refractivity contribution is 7.92. The Kier molecular flexibility index (Phi) is 6.06. The van der Waals surface area contributed by atoms with Crippen LogP contribution in [0.25, 0.3) is 11.3 Å². The van der Waals surface area contributed by atoms with Gasteiger partial charge in [-0.05, 0) is 35.9 Å². The van der Waals surface area contributed by atoms with E-state index >= 15 is 0 Å².